The zero-order valence-electron chi connectivity index (χ0n) is 13.7. The van der Waals surface area contributed by atoms with E-state index in [2.05, 4.69) is 4.84 Å². The number of carbonyl (C=O) groups is 1. The third kappa shape index (κ3) is 4.64. The standard InChI is InChI=1S/C19H16F3NO3/c20-19(21,22)18(24)26-23-12-10-15(11-13-23)14-6-8-17(9-7-14)25-16-4-2-1-3-5-16/h1-10H,11-13H2. The van der Waals surface area contributed by atoms with Crippen molar-refractivity contribution in [3.05, 3.63) is 66.2 Å². The lowest BCUT2D eigenvalue weighted by Gasteiger charge is -2.25. The fourth-order valence-electron chi connectivity index (χ4n) is 2.53. The Morgan fingerprint density at radius 3 is 2.19 bits per heavy atom. The van der Waals surface area contributed by atoms with E-state index in [1.54, 1.807) is 6.08 Å². The number of para-hydroxylation sites is 1. The van der Waals surface area contributed by atoms with Crippen LogP contribution >= 0.6 is 0 Å². The molecule has 1 aliphatic rings. The van der Waals surface area contributed by atoms with Crippen LogP contribution in [0.2, 0.25) is 0 Å². The maximum absolute atomic E-state index is 12.2. The molecule has 0 amide bonds. The van der Waals surface area contributed by atoms with Crippen LogP contribution in [0.3, 0.4) is 0 Å². The first-order chi connectivity index (χ1) is 12.4. The maximum Gasteiger partial charge on any atom is 0.492 e. The minimum atomic E-state index is -4.99. The SMILES string of the molecule is O=C(ON1CC=C(c2ccc(Oc3ccccc3)cc2)CC1)C(F)(F)F. The lowest BCUT2D eigenvalue weighted by molar-refractivity contribution is -0.237. The number of alkyl halides is 3. The Labute approximate surface area is 148 Å². The van der Waals surface area contributed by atoms with Crippen molar-refractivity contribution in [2.24, 2.45) is 0 Å². The molecule has 136 valence electrons. The largest absolute Gasteiger partial charge is 0.492 e. The normalized spacial score (nSPS) is 15.3. The molecule has 0 atom stereocenters. The molecule has 0 aromatic heterocycles. The fourth-order valence-corrected chi connectivity index (χ4v) is 2.53. The second kappa shape index (κ2) is 7.61. The Kier molecular flexibility index (Phi) is 5.27. The van der Waals surface area contributed by atoms with Gasteiger partial charge in [0, 0.05) is 6.54 Å². The molecule has 0 fully saturated rings. The minimum absolute atomic E-state index is 0.111. The molecule has 26 heavy (non-hydrogen) atoms. The summed E-state index contributed by atoms with van der Waals surface area (Å²) in [6, 6.07) is 16.8. The van der Waals surface area contributed by atoms with Gasteiger partial charge in [0.25, 0.3) is 0 Å². The number of rotatable bonds is 4. The van der Waals surface area contributed by atoms with Gasteiger partial charge in [0.15, 0.2) is 0 Å². The number of hydrogen-bond donors (Lipinski definition) is 0. The van der Waals surface area contributed by atoms with Gasteiger partial charge in [-0.2, -0.15) is 13.2 Å². The average Bonchev–Trinajstić information content (AvgIpc) is 2.63. The molecular formula is C19H16F3NO3. The van der Waals surface area contributed by atoms with Crippen molar-refractivity contribution < 1.29 is 27.5 Å². The summed E-state index contributed by atoms with van der Waals surface area (Å²) in [6.45, 7) is 0.315. The molecule has 2 aromatic rings. The number of ether oxygens (including phenoxy) is 1. The van der Waals surface area contributed by atoms with Gasteiger partial charge in [-0.3, -0.25) is 0 Å². The third-order valence-electron chi connectivity index (χ3n) is 3.82. The van der Waals surface area contributed by atoms with Crippen molar-refractivity contribution in [1.29, 1.82) is 0 Å². The number of carbonyl (C=O) groups excluding carboxylic acids is 1. The Morgan fingerprint density at radius 1 is 0.962 bits per heavy atom. The molecule has 2 aromatic carbocycles. The lowest BCUT2D eigenvalue weighted by atomic mass is 10.0. The van der Waals surface area contributed by atoms with Gasteiger partial charge in [-0.15, -0.1) is 5.06 Å². The number of halogens is 3. The molecule has 0 bridgehead atoms. The highest BCUT2D eigenvalue weighted by atomic mass is 19.4. The van der Waals surface area contributed by atoms with Gasteiger partial charge in [-0.25, -0.2) is 4.79 Å². The number of hydroxylamine groups is 2. The summed E-state index contributed by atoms with van der Waals surface area (Å²) in [5, 5.41) is 1.01. The number of benzene rings is 2. The van der Waals surface area contributed by atoms with E-state index < -0.39 is 12.1 Å². The van der Waals surface area contributed by atoms with Crippen LogP contribution in [0.5, 0.6) is 11.5 Å². The van der Waals surface area contributed by atoms with Crippen molar-refractivity contribution in [3.8, 4) is 11.5 Å². The lowest BCUT2D eigenvalue weighted by Crippen LogP contribution is -2.37. The van der Waals surface area contributed by atoms with E-state index in [9.17, 15) is 18.0 Å². The van der Waals surface area contributed by atoms with Gasteiger partial charge >= 0.3 is 12.1 Å². The van der Waals surface area contributed by atoms with Crippen LogP contribution < -0.4 is 4.74 Å². The molecule has 0 spiro atoms. The van der Waals surface area contributed by atoms with Crippen LogP contribution in [0.15, 0.2) is 60.7 Å². The van der Waals surface area contributed by atoms with Gasteiger partial charge in [-0.05, 0) is 41.8 Å². The van der Waals surface area contributed by atoms with E-state index >= 15 is 0 Å². The van der Waals surface area contributed by atoms with Gasteiger partial charge < -0.3 is 9.57 Å². The van der Waals surface area contributed by atoms with Gasteiger partial charge in [-0.1, -0.05) is 36.4 Å². The predicted molar refractivity (Wildman–Crippen MR) is 89.3 cm³/mol. The smallest absolute Gasteiger partial charge is 0.457 e. The van der Waals surface area contributed by atoms with Crippen LogP contribution in [-0.2, 0) is 9.63 Å². The van der Waals surface area contributed by atoms with Crippen molar-refractivity contribution >= 4 is 11.5 Å². The van der Waals surface area contributed by atoms with E-state index in [1.807, 2.05) is 54.6 Å². The van der Waals surface area contributed by atoms with Gasteiger partial charge in [0.2, 0.25) is 0 Å². The number of hydrogen-bond acceptors (Lipinski definition) is 4. The molecular weight excluding hydrogens is 347 g/mol. The summed E-state index contributed by atoms with van der Waals surface area (Å²) in [5.74, 6) is -0.770. The Balaban J connectivity index is 1.59. The highest BCUT2D eigenvalue weighted by Crippen LogP contribution is 2.27. The molecule has 0 radical (unpaired) electrons. The van der Waals surface area contributed by atoms with E-state index in [0.29, 0.717) is 12.2 Å². The monoisotopic (exact) mass is 363 g/mol. The molecule has 0 saturated carbocycles. The van der Waals surface area contributed by atoms with Crippen LogP contribution in [0.1, 0.15) is 12.0 Å². The second-order valence-corrected chi connectivity index (χ2v) is 5.68. The molecule has 0 aliphatic carbocycles. The first-order valence-electron chi connectivity index (χ1n) is 7.98. The van der Waals surface area contributed by atoms with E-state index in [0.717, 1.165) is 21.9 Å². The molecule has 1 heterocycles. The first kappa shape index (κ1) is 18.0. The van der Waals surface area contributed by atoms with Crippen LogP contribution in [0, 0.1) is 0 Å². The minimum Gasteiger partial charge on any atom is -0.457 e. The zero-order chi connectivity index (χ0) is 18.6. The summed E-state index contributed by atoms with van der Waals surface area (Å²) in [7, 11) is 0. The van der Waals surface area contributed by atoms with E-state index in [-0.39, 0.29) is 13.1 Å². The first-order valence-corrected chi connectivity index (χ1v) is 7.98. The van der Waals surface area contributed by atoms with Crippen molar-refractivity contribution in [2.45, 2.75) is 12.6 Å². The molecule has 0 N–H and O–H groups in total. The fraction of sp³-hybridized carbons (Fsp3) is 0.211. The number of nitrogens with zero attached hydrogens (tertiary/aromatic N) is 1. The quantitative estimate of drug-likeness (QED) is 0.797. The summed E-state index contributed by atoms with van der Waals surface area (Å²) in [5.41, 5.74) is 1.93. The topological polar surface area (TPSA) is 38.8 Å². The zero-order valence-corrected chi connectivity index (χ0v) is 13.7. The Bertz CT molecular complexity index is 786. The van der Waals surface area contributed by atoms with E-state index in [4.69, 9.17) is 4.74 Å². The summed E-state index contributed by atoms with van der Waals surface area (Å²) < 4.78 is 42.4. The van der Waals surface area contributed by atoms with Crippen molar-refractivity contribution in [2.75, 3.05) is 13.1 Å². The average molecular weight is 363 g/mol. The molecule has 3 rings (SSSR count). The molecule has 4 nitrogen and oxygen atoms in total. The molecule has 7 heteroatoms. The molecule has 0 saturated heterocycles. The maximum atomic E-state index is 12.2. The second-order valence-electron chi connectivity index (χ2n) is 5.68. The summed E-state index contributed by atoms with van der Waals surface area (Å²) >= 11 is 0. The van der Waals surface area contributed by atoms with Crippen LogP contribution in [-0.4, -0.2) is 30.3 Å². The van der Waals surface area contributed by atoms with Gasteiger partial charge in [0.05, 0.1) is 6.54 Å². The highest BCUT2D eigenvalue weighted by molar-refractivity contribution is 5.75. The van der Waals surface area contributed by atoms with Crippen molar-refractivity contribution in [3.63, 3.8) is 0 Å². The van der Waals surface area contributed by atoms with Gasteiger partial charge in [0.1, 0.15) is 11.5 Å². The Morgan fingerprint density at radius 2 is 1.62 bits per heavy atom. The van der Waals surface area contributed by atoms with Crippen LogP contribution in [0.25, 0.3) is 5.57 Å². The summed E-state index contributed by atoms with van der Waals surface area (Å²) in [4.78, 5) is 15.2. The molecule has 0 unspecified atom stereocenters. The Hall–Kier alpha value is -2.80. The predicted octanol–water partition coefficient (Wildman–Crippen LogP) is 4.59. The van der Waals surface area contributed by atoms with E-state index in [1.165, 1.54) is 0 Å². The van der Waals surface area contributed by atoms with Crippen LogP contribution in [0.4, 0.5) is 13.2 Å². The highest BCUT2D eigenvalue weighted by Gasteiger charge is 2.42. The van der Waals surface area contributed by atoms with Crippen molar-refractivity contribution in [1.82, 2.24) is 5.06 Å². The molecule has 1 aliphatic heterocycles. The third-order valence-corrected chi connectivity index (χ3v) is 3.82. The summed E-state index contributed by atoms with van der Waals surface area (Å²) in [6.07, 6.45) is -2.76.